The highest BCUT2D eigenvalue weighted by Gasteiger charge is 2.44. The Hall–Kier alpha value is -1.53. The number of nitrogens with zero attached hydrogens (tertiary/aromatic N) is 2. The van der Waals surface area contributed by atoms with E-state index in [9.17, 15) is 8.42 Å². The Morgan fingerprint density at radius 1 is 1.16 bits per heavy atom. The van der Waals surface area contributed by atoms with E-state index in [2.05, 4.69) is 0 Å². The molecule has 1 aromatic carbocycles. The minimum Gasteiger partial charge on any atom is -0.236 e. The van der Waals surface area contributed by atoms with Gasteiger partial charge in [-0.1, -0.05) is 18.2 Å². The first kappa shape index (κ1) is 12.5. The summed E-state index contributed by atoms with van der Waals surface area (Å²) >= 11 is 0. The molecule has 0 saturated heterocycles. The predicted octanol–water partition coefficient (Wildman–Crippen LogP) is 2.31. The summed E-state index contributed by atoms with van der Waals surface area (Å²) < 4.78 is 28.0. The van der Waals surface area contributed by atoms with E-state index in [1.807, 2.05) is 50.5 Å². The van der Waals surface area contributed by atoms with Gasteiger partial charge in [-0.3, -0.25) is 0 Å². The number of anilines is 2. The van der Waals surface area contributed by atoms with Gasteiger partial charge in [0.15, 0.2) is 5.69 Å². The maximum Gasteiger partial charge on any atom is 0.367 e. The number of aryl methyl sites for hydroxylation is 2. The van der Waals surface area contributed by atoms with Crippen LogP contribution in [0, 0.1) is 6.92 Å². The third-order valence-electron chi connectivity index (χ3n) is 3.06. The van der Waals surface area contributed by atoms with Crippen LogP contribution in [0.5, 0.6) is 0 Å². The fourth-order valence-electron chi connectivity index (χ4n) is 2.18. The summed E-state index contributed by atoms with van der Waals surface area (Å²) in [6.07, 6.45) is 1.84. The van der Waals surface area contributed by atoms with E-state index >= 15 is 0 Å². The summed E-state index contributed by atoms with van der Waals surface area (Å²) in [5.41, 5.74) is 1.71. The summed E-state index contributed by atoms with van der Waals surface area (Å²) in [4.78, 5) is 0.781. The van der Waals surface area contributed by atoms with E-state index < -0.39 is 9.06 Å². The minimum absolute atomic E-state index is 0.642. The number of fused-ring (bicyclic) bond motifs is 1. The first-order chi connectivity index (χ1) is 9.00. The number of hydrogen-bond donors (Lipinski definition) is 0. The molecule has 0 radical (unpaired) electrons. The van der Waals surface area contributed by atoms with Crippen LogP contribution in [0.25, 0.3) is 0 Å². The van der Waals surface area contributed by atoms with Gasteiger partial charge in [-0.2, -0.15) is 8.42 Å². The number of para-hydroxylation sites is 1. The third kappa shape index (κ3) is 1.91. The van der Waals surface area contributed by atoms with Gasteiger partial charge in [0.05, 0.1) is 28.9 Å². The highest BCUT2D eigenvalue weighted by Crippen LogP contribution is 2.49. The fourth-order valence-corrected chi connectivity index (χ4v) is 5.65. The molecule has 19 heavy (non-hydrogen) atoms. The van der Waals surface area contributed by atoms with Crippen LogP contribution in [0.1, 0.15) is 5.56 Å². The zero-order chi connectivity index (χ0) is 13.6. The Morgan fingerprint density at radius 3 is 2.68 bits per heavy atom. The molecule has 0 fully saturated rings. The third-order valence-corrected chi connectivity index (χ3v) is 6.21. The maximum absolute atomic E-state index is 12.4. The molecule has 0 bridgehead atoms. The molecule has 0 N–H and O–H groups in total. The average Bonchev–Trinajstić information content (AvgIpc) is 2.62. The second kappa shape index (κ2) is 4.25. The van der Waals surface area contributed by atoms with E-state index in [0.717, 1.165) is 26.9 Å². The van der Waals surface area contributed by atoms with Crippen LogP contribution >= 0.6 is 10.8 Å². The standard InChI is InChI=1S/C13H13N2O2S2/c1-10-6-5-7-11-13(10)15(19(16,17)18-11)12-8-3-4-9-14(12)2/h3-9H,1-2H3/q+1. The van der Waals surface area contributed by atoms with Gasteiger partial charge < -0.3 is 0 Å². The van der Waals surface area contributed by atoms with Crippen molar-refractivity contribution in [3.05, 3.63) is 48.2 Å². The maximum atomic E-state index is 12.4. The van der Waals surface area contributed by atoms with Gasteiger partial charge in [-0.05, 0) is 24.6 Å². The second-order valence-electron chi connectivity index (χ2n) is 4.40. The number of aromatic nitrogens is 1. The van der Waals surface area contributed by atoms with E-state index in [1.54, 1.807) is 10.6 Å². The van der Waals surface area contributed by atoms with Gasteiger partial charge in [0.25, 0.3) is 5.82 Å². The largest absolute Gasteiger partial charge is 0.367 e. The van der Waals surface area contributed by atoms with Crippen molar-refractivity contribution in [2.75, 3.05) is 4.31 Å². The van der Waals surface area contributed by atoms with Crippen LogP contribution < -0.4 is 8.87 Å². The molecule has 3 rings (SSSR count). The average molecular weight is 293 g/mol. The van der Waals surface area contributed by atoms with E-state index in [4.69, 9.17) is 0 Å². The van der Waals surface area contributed by atoms with E-state index in [0.29, 0.717) is 5.82 Å². The fraction of sp³-hybridized carbons (Fsp3) is 0.154. The highest BCUT2D eigenvalue weighted by molar-refractivity contribution is 8.73. The number of hydrogen-bond acceptors (Lipinski definition) is 3. The molecular formula is C13H13N2O2S2+. The van der Waals surface area contributed by atoms with Gasteiger partial charge in [0.1, 0.15) is 0 Å². The topological polar surface area (TPSA) is 41.3 Å². The molecule has 0 saturated carbocycles. The molecule has 0 spiro atoms. The molecule has 1 aromatic heterocycles. The summed E-state index contributed by atoms with van der Waals surface area (Å²) in [7, 11) is -0.672. The Bertz CT molecular complexity index is 757. The van der Waals surface area contributed by atoms with Crippen LogP contribution in [0.15, 0.2) is 47.5 Å². The van der Waals surface area contributed by atoms with Crippen LogP contribution in [0.2, 0.25) is 0 Å². The molecule has 2 heterocycles. The molecule has 0 aliphatic carbocycles. The highest BCUT2D eigenvalue weighted by atomic mass is 33.1. The van der Waals surface area contributed by atoms with Crippen LogP contribution in [0.4, 0.5) is 11.5 Å². The summed E-state index contributed by atoms with van der Waals surface area (Å²) in [5, 5.41) is 0. The second-order valence-corrected chi connectivity index (χ2v) is 7.99. The number of rotatable bonds is 1. The molecule has 98 valence electrons. The molecule has 1 aliphatic heterocycles. The van der Waals surface area contributed by atoms with Crippen molar-refractivity contribution in [2.24, 2.45) is 7.05 Å². The van der Waals surface area contributed by atoms with Crippen LogP contribution in [0.3, 0.4) is 0 Å². The molecule has 1 aliphatic rings. The number of benzene rings is 1. The summed E-state index contributed by atoms with van der Waals surface area (Å²) in [6.45, 7) is 1.93. The monoisotopic (exact) mass is 293 g/mol. The van der Waals surface area contributed by atoms with Gasteiger partial charge in [-0.15, -0.1) is 4.31 Å². The van der Waals surface area contributed by atoms with Gasteiger partial charge in [-0.25, -0.2) is 4.57 Å². The summed E-state index contributed by atoms with van der Waals surface area (Å²) in [5.74, 6) is 0.642. The van der Waals surface area contributed by atoms with Gasteiger partial charge in [0, 0.05) is 6.07 Å². The van der Waals surface area contributed by atoms with Crippen molar-refractivity contribution >= 4 is 31.4 Å². The first-order valence-electron chi connectivity index (χ1n) is 5.80. The molecule has 0 atom stereocenters. The molecule has 0 unspecified atom stereocenters. The van der Waals surface area contributed by atoms with Gasteiger partial charge >= 0.3 is 9.06 Å². The van der Waals surface area contributed by atoms with Crippen molar-refractivity contribution in [3.8, 4) is 0 Å². The van der Waals surface area contributed by atoms with Crippen LogP contribution in [-0.2, 0) is 16.1 Å². The zero-order valence-electron chi connectivity index (χ0n) is 10.6. The first-order valence-corrected chi connectivity index (χ1v) is 8.57. The minimum atomic E-state index is -3.42. The Labute approximate surface area is 116 Å². The van der Waals surface area contributed by atoms with E-state index in [-0.39, 0.29) is 0 Å². The lowest BCUT2D eigenvalue weighted by Gasteiger charge is -2.12. The molecular weight excluding hydrogens is 280 g/mol. The Balaban J connectivity index is 2.30. The van der Waals surface area contributed by atoms with Crippen molar-refractivity contribution in [2.45, 2.75) is 11.8 Å². The smallest absolute Gasteiger partial charge is 0.236 e. The predicted molar refractivity (Wildman–Crippen MR) is 75.7 cm³/mol. The van der Waals surface area contributed by atoms with Gasteiger partial charge in [0.2, 0.25) is 0 Å². The van der Waals surface area contributed by atoms with Crippen molar-refractivity contribution < 1.29 is 13.0 Å². The Kier molecular flexibility index (Phi) is 2.79. The lowest BCUT2D eigenvalue weighted by molar-refractivity contribution is -0.657. The SMILES string of the molecule is Cc1cccc2c1N(c1cccc[n+]1C)S(=O)(=O)S2. The summed E-state index contributed by atoms with van der Waals surface area (Å²) in [6, 6.07) is 11.2. The van der Waals surface area contributed by atoms with E-state index in [1.165, 1.54) is 4.31 Å². The number of pyridine rings is 1. The molecule has 0 amide bonds. The quantitative estimate of drug-likeness (QED) is 0.598. The molecule has 6 heteroatoms. The van der Waals surface area contributed by atoms with Crippen molar-refractivity contribution in [1.82, 2.24) is 0 Å². The van der Waals surface area contributed by atoms with Crippen molar-refractivity contribution in [3.63, 3.8) is 0 Å². The van der Waals surface area contributed by atoms with Crippen LogP contribution in [-0.4, -0.2) is 8.42 Å². The lowest BCUT2D eigenvalue weighted by atomic mass is 10.2. The normalized spacial score (nSPS) is 16.4. The zero-order valence-corrected chi connectivity index (χ0v) is 12.2. The molecule has 4 nitrogen and oxygen atoms in total. The molecule has 2 aromatic rings. The Morgan fingerprint density at radius 2 is 1.95 bits per heavy atom. The lowest BCUT2D eigenvalue weighted by Crippen LogP contribution is -2.37. The van der Waals surface area contributed by atoms with Crippen molar-refractivity contribution in [1.29, 1.82) is 0 Å².